The van der Waals surface area contributed by atoms with E-state index in [2.05, 4.69) is 16.3 Å². The van der Waals surface area contributed by atoms with Crippen molar-refractivity contribution in [2.75, 3.05) is 44.7 Å². The lowest BCUT2D eigenvalue weighted by molar-refractivity contribution is 0.0378. The first-order valence-electron chi connectivity index (χ1n) is 6.43. The first-order chi connectivity index (χ1) is 8.90. The summed E-state index contributed by atoms with van der Waals surface area (Å²) in [6.45, 7) is 5.76. The molecule has 0 unspecified atom stereocenters. The second-order valence-electron chi connectivity index (χ2n) is 4.39. The Morgan fingerprint density at radius 3 is 2.83 bits per heavy atom. The molecule has 1 saturated heterocycles. The third-order valence-electron chi connectivity index (χ3n) is 3.12. The highest BCUT2D eigenvalue weighted by atomic mass is 16.5. The van der Waals surface area contributed by atoms with Crippen molar-refractivity contribution in [3.8, 4) is 6.07 Å². The van der Waals surface area contributed by atoms with Crippen LogP contribution in [0.1, 0.15) is 12.0 Å². The molecule has 0 saturated carbocycles. The van der Waals surface area contributed by atoms with Crippen molar-refractivity contribution in [3.63, 3.8) is 0 Å². The van der Waals surface area contributed by atoms with Crippen molar-refractivity contribution in [2.24, 2.45) is 0 Å². The summed E-state index contributed by atoms with van der Waals surface area (Å²) in [7, 11) is 0. The Morgan fingerprint density at radius 2 is 2.06 bits per heavy atom. The molecule has 0 bridgehead atoms. The minimum absolute atomic E-state index is 0.712. The second-order valence-corrected chi connectivity index (χ2v) is 4.39. The molecule has 4 heteroatoms. The third kappa shape index (κ3) is 3.73. The summed E-state index contributed by atoms with van der Waals surface area (Å²) in [5.41, 5.74) is 1.64. The summed E-state index contributed by atoms with van der Waals surface area (Å²) in [4.78, 5) is 2.42. The minimum Gasteiger partial charge on any atom is -0.384 e. The van der Waals surface area contributed by atoms with E-state index in [0.29, 0.717) is 5.56 Å². The van der Waals surface area contributed by atoms with Crippen molar-refractivity contribution in [3.05, 3.63) is 29.8 Å². The van der Waals surface area contributed by atoms with Gasteiger partial charge in [0, 0.05) is 19.6 Å². The van der Waals surface area contributed by atoms with Crippen molar-refractivity contribution < 1.29 is 4.74 Å². The van der Waals surface area contributed by atoms with Crippen LogP contribution in [0.15, 0.2) is 24.3 Å². The fourth-order valence-electron chi connectivity index (χ4n) is 2.09. The smallest absolute Gasteiger partial charge is 0.101 e. The van der Waals surface area contributed by atoms with Crippen LogP contribution in [0.2, 0.25) is 0 Å². The Hall–Kier alpha value is -1.57. The Morgan fingerprint density at radius 1 is 1.28 bits per heavy atom. The van der Waals surface area contributed by atoms with Gasteiger partial charge < -0.3 is 10.1 Å². The maximum atomic E-state index is 8.97. The summed E-state index contributed by atoms with van der Waals surface area (Å²) in [5, 5.41) is 12.3. The van der Waals surface area contributed by atoms with Gasteiger partial charge in [-0.2, -0.15) is 5.26 Å². The molecule has 2 rings (SSSR count). The topological polar surface area (TPSA) is 48.3 Å². The molecule has 0 spiro atoms. The lowest BCUT2D eigenvalue weighted by atomic mass is 10.2. The number of hydrogen-bond acceptors (Lipinski definition) is 4. The van der Waals surface area contributed by atoms with Gasteiger partial charge in [0.15, 0.2) is 0 Å². The number of para-hydroxylation sites is 1. The molecule has 1 heterocycles. The van der Waals surface area contributed by atoms with E-state index in [0.717, 1.165) is 51.5 Å². The van der Waals surface area contributed by atoms with Crippen LogP contribution in [0.25, 0.3) is 0 Å². The molecule has 1 aromatic carbocycles. The summed E-state index contributed by atoms with van der Waals surface area (Å²) < 4.78 is 5.31. The van der Waals surface area contributed by atoms with Crippen molar-refractivity contribution in [1.82, 2.24) is 4.90 Å². The van der Waals surface area contributed by atoms with E-state index in [1.807, 2.05) is 24.3 Å². The van der Waals surface area contributed by atoms with Crippen molar-refractivity contribution in [1.29, 1.82) is 5.26 Å². The molecule has 0 radical (unpaired) electrons. The van der Waals surface area contributed by atoms with Crippen molar-refractivity contribution in [2.45, 2.75) is 6.42 Å². The summed E-state index contributed by atoms with van der Waals surface area (Å²) >= 11 is 0. The number of nitrogens with zero attached hydrogens (tertiary/aromatic N) is 2. The predicted octanol–water partition coefficient (Wildman–Crippen LogP) is 1.69. The fourth-order valence-corrected chi connectivity index (χ4v) is 2.09. The molecule has 0 atom stereocenters. The van der Waals surface area contributed by atoms with Gasteiger partial charge >= 0.3 is 0 Å². The van der Waals surface area contributed by atoms with Crippen LogP contribution in [0.3, 0.4) is 0 Å². The van der Waals surface area contributed by atoms with Crippen LogP contribution < -0.4 is 5.32 Å². The largest absolute Gasteiger partial charge is 0.384 e. The van der Waals surface area contributed by atoms with Gasteiger partial charge in [0.2, 0.25) is 0 Å². The Labute approximate surface area is 108 Å². The molecule has 0 aliphatic carbocycles. The summed E-state index contributed by atoms with van der Waals surface area (Å²) in [6.07, 6.45) is 1.08. The van der Waals surface area contributed by atoms with Gasteiger partial charge in [-0.05, 0) is 25.1 Å². The molecule has 0 aromatic heterocycles. The molecule has 0 amide bonds. The monoisotopic (exact) mass is 245 g/mol. The lowest BCUT2D eigenvalue weighted by Gasteiger charge is -2.26. The number of rotatable bonds is 5. The number of ether oxygens (including phenoxy) is 1. The average Bonchev–Trinajstić information content (AvgIpc) is 2.45. The number of nitrogens with one attached hydrogen (secondary N) is 1. The van der Waals surface area contributed by atoms with Crippen LogP contribution >= 0.6 is 0 Å². The first-order valence-corrected chi connectivity index (χ1v) is 6.43. The lowest BCUT2D eigenvalue weighted by Crippen LogP contribution is -2.37. The van der Waals surface area contributed by atoms with Gasteiger partial charge in [-0.15, -0.1) is 0 Å². The van der Waals surface area contributed by atoms with Crippen LogP contribution in [-0.2, 0) is 4.74 Å². The van der Waals surface area contributed by atoms with Crippen LogP contribution in [0.5, 0.6) is 0 Å². The van der Waals surface area contributed by atoms with E-state index in [1.54, 1.807) is 0 Å². The molecule has 1 aromatic rings. The number of nitriles is 1. The SMILES string of the molecule is N#Cc1ccccc1NCCCN1CCOCC1. The predicted molar refractivity (Wildman–Crippen MR) is 71.5 cm³/mol. The Balaban J connectivity index is 1.70. The molecule has 96 valence electrons. The normalized spacial score (nSPS) is 16.2. The number of morpholine rings is 1. The molecular formula is C14H19N3O. The molecular weight excluding hydrogens is 226 g/mol. The first kappa shape index (κ1) is 12.9. The van der Waals surface area contributed by atoms with E-state index in [1.165, 1.54) is 0 Å². The van der Waals surface area contributed by atoms with E-state index >= 15 is 0 Å². The highest BCUT2D eigenvalue weighted by molar-refractivity contribution is 5.56. The quantitative estimate of drug-likeness (QED) is 0.802. The number of hydrogen-bond donors (Lipinski definition) is 1. The average molecular weight is 245 g/mol. The van der Waals surface area contributed by atoms with Gasteiger partial charge in [-0.1, -0.05) is 12.1 Å². The minimum atomic E-state index is 0.712. The van der Waals surface area contributed by atoms with E-state index < -0.39 is 0 Å². The zero-order valence-electron chi connectivity index (χ0n) is 10.6. The maximum Gasteiger partial charge on any atom is 0.101 e. The van der Waals surface area contributed by atoms with Gasteiger partial charge in [0.1, 0.15) is 6.07 Å². The fraction of sp³-hybridized carbons (Fsp3) is 0.500. The molecule has 1 aliphatic heterocycles. The van der Waals surface area contributed by atoms with E-state index in [-0.39, 0.29) is 0 Å². The van der Waals surface area contributed by atoms with Crippen LogP contribution in [0.4, 0.5) is 5.69 Å². The summed E-state index contributed by atoms with van der Waals surface area (Å²) in [6, 6.07) is 9.82. The highest BCUT2D eigenvalue weighted by Crippen LogP contribution is 2.13. The molecule has 1 aliphatic rings. The molecule has 1 N–H and O–H groups in total. The number of benzene rings is 1. The van der Waals surface area contributed by atoms with Gasteiger partial charge in [-0.3, -0.25) is 4.90 Å². The molecule has 18 heavy (non-hydrogen) atoms. The highest BCUT2D eigenvalue weighted by Gasteiger charge is 2.09. The molecule has 4 nitrogen and oxygen atoms in total. The van der Waals surface area contributed by atoms with Gasteiger partial charge in [0.25, 0.3) is 0 Å². The maximum absolute atomic E-state index is 8.97. The summed E-state index contributed by atoms with van der Waals surface area (Å²) in [5.74, 6) is 0. The zero-order chi connectivity index (χ0) is 12.6. The zero-order valence-corrected chi connectivity index (χ0v) is 10.6. The standard InChI is InChI=1S/C14H19N3O/c15-12-13-4-1-2-5-14(13)16-6-3-7-17-8-10-18-11-9-17/h1-2,4-5,16H,3,6-11H2. The Bertz CT molecular complexity index is 408. The van der Waals surface area contributed by atoms with E-state index in [9.17, 15) is 0 Å². The third-order valence-corrected chi connectivity index (χ3v) is 3.12. The Kier molecular flexibility index (Phi) is 5.00. The molecule has 1 fully saturated rings. The van der Waals surface area contributed by atoms with Crippen molar-refractivity contribution >= 4 is 5.69 Å². The van der Waals surface area contributed by atoms with Gasteiger partial charge in [-0.25, -0.2) is 0 Å². The van der Waals surface area contributed by atoms with Crippen LogP contribution in [0, 0.1) is 11.3 Å². The van der Waals surface area contributed by atoms with Crippen LogP contribution in [-0.4, -0.2) is 44.3 Å². The number of anilines is 1. The second kappa shape index (κ2) is 7.00. The van der Waals surface area contributed by atoms with E-state index in [4.69, 9.17) is 10.00 Å². The van der Waals surface area contributed by atoms with Gasteiger partial charge in [0.05, 0.1) is 24.5 Å².